The van der Waals surface area contributed by atoms with Crippen molar-refractivity contribution in [3.05, 3.63) is 83.4 Å². The van der Waals surface area contributed by atoms with E-state index in [2.05, 4.69) is 97.1 Å². The first-order valence-corrected chi connectivity index (χ1v) is 10.9. The molecule has 0 bridgehead atoms. The van der Waals surface area contributed by atoms with Crippen molar-refractivity contribution in [1.82, 2.24) is 0 Å². The summed E-state index contributed by atoms with van der Waals surface area (Å²) in [5, 5.41) is 9.41. The predicted octanol–water partition coefficient (Wildman–Crippen LogP) is 0.510. The Morgan fingerprint density at radius 3 is 2.16 bits per heavy atom. The number of ether oxygens (including phenoxy) is 1. The van der Waals surface area contributed by atoms with E-state index in [1.807, 2.05) is 12.1 Å². The van der Waals surface area contributed by atoms with E-state index in [0.29, 0.717) is 5.75 Å². The Kier molecular flexibility index (Phi) is 13.2. The van der Waals surface area contributed by atoms with Crippen LogP contribution in [0.2, 0.25) is 0 Å². The molecule has 1 N–H and O–H groups in total. The van der Waals surface area contributed by atoms with Gasteiger partial charge in [0.2, 0.25) is 0 Å². The molecular weight excluding hydrogens is 475 g/mol. The predicted molar refractivity (Wildman–Crippen MR) is 123 cm³/mol. The van der Waals surface area contributed by atoms with Crippen LogP contribution in [0.25, 0.3) is 11.1 Å². The topological polar surface area (TPSA) is 29.5 Å². The van der Waals surface area contributed by atoms with Gasteiger partial charge >= 0.3 is 37.6 Å². The first-order valence-electron chi connectivity index (χ1n) is 10.1. The fourth-order valence-electron chi connectivity index (χ4n) is 3.13. The third-order valence-electron chi connectivity index (χ3n) is 4.61. The summed E-state index contributed by atoms with van der Waals surface area (Å²) >= 11 is 2.08. The van der Waals surface area contributed by atoms with Gasteiger partial charge in [0.1, 0.15) is 11.5 Å². The minimum Gasteiger partial charge on any atom is -1.00 e. The summed E-state index contributed by atoms with van der Waals surface area (Å²) in [4.78, 5) is 0. The Morgan fingerprint density at radius 2 is 1.56 bits per heavy atom. The van der Waals surface area contributed by atoms with Crippen molar-refractivity contribution in [2.24, 2.45) is 0 Å². The molecule has 32 heavy (non-hydrogen) atoms. The molecule has 3 aromatic carbocycles. The Balaban J connectivity index is 0.000000490. The van der Waals surface area contributed by atoms with E-state index in [0.717, 1.165) is 12.0 Å². The molecular formula is C27H31Cl2O2Ti-2. The van der Waals surface area contributed by atoms with Gasteiger partial charge in [-0.1, -0.05) is 56.2 Å². The second-order valence-corrected chi connectivity index (χ2v) is 10.1. The molecule has 1 aliphatic rings. The van der Waals surface area contributed by atoms with Crippen molar-refractivity contribution < 1.29 is 54.6 Å². The number of hydrogen-bond donors (Lipinski definition) is 1. The van der Waals surface area contributed by atoms with Crippen molar-refractivity contribution in [2.45, 2.75) is 46.5 Å². The van der Waals surface area contributed by atoms with Crippen LogP contribution in [0.3, 0.4) is 0 Å². The number of phenolic OH excluding ortho intramolecular Hbond substituents is 1. The maximum absolute atomic E-state index is 9.41. The third kappa shape index (κ3) is 9.12. The monoisotopic (exact) mass is 505 g/mol. The van der Waals surface area contributed by atoms with Gasteiger partial charge < -0.3 is 34.7 Å². The normalized spacial score (nSPS) is 10.5. The molecule has 0 spiro atoms. The minimum absolute atomic E-state index is 0. The van der Waals surface area contributed by atoms with Crippen molar-refractivity contribution in [3.8, 4) is 22.6 Å². The Labute approximate surface area is 217 Å². The van der Waals surface area contributed by atoms with Crippen LogP contribution in [0.5, 0.6) is 11.5 Å². The van der Waals surface area contributed by atoms with Crippen molar-refractivity contribution in [1.29, 1.82) is 0 Å². The van der Waals surface area contributed by atoms with Gasteiger partial charge in [0.25, 0.3) is 0 Å². The molecule has 3 aromatic rings. The summed E-state index contributed by atoms with van der Waals surface area (Å²) in [5.74, 6) is 0.953. The molecule has 2 nitrogen and oxygen atoms in total. The number of hydrogen-bond acceptors (Lipinski definition) is 2. The average molecular weight is 506 g/mol. The minimum atomic E-state index is 0. The molecule has 0 saturated heterocycles. The zero-order valence-corrected chi connectivity index (χ0v) is 22.7. The third-order valence-corrected chi connectivity index (χ3v) is 4.61. The van der Waals surface area contributed by atoms with E-state index >= 15 is 0 Å². The fourth-order valence-corrected chi connectivity index (χ4v) is 3.13. The van der Waals surface area contributed by atoms with Crippen molar-refractivity contribution >= 4 is 3.81 Å². The van der Waals surface area contributed by atoms with Gasteiger partial charge in [0, 0.05) is 6.07 Å². The quantitative estimate of drug-likeness (QED) is 0.302. The maximum atomic E-state index is 9.41. The van der Waals surface area contributed by atoms with E-state index in [1.54, 1.807) is 19.2 Å². The number of rotatable bonds is 1. The molecule has 171 valence electrons. The Hall–Kier alpha value is -1.58. The molecule has 0 aromatic heterocycles. The largest absolute Gasteiger partial charge is 1.00 e. The van der Waals surface area contributed by atoms with Gasteiger partial charge in [-0.15, -0.1) is 5.56 Å². The Morgan fingerprint density at radius 1 is 0.969 bits per heavy atom. The number of aromatic hydroxyl groups is 1. The molecule has 0 fully saturated rings. The molecule has 5 heteroatoms. The molecule has 0 atom stereocenters. The summed E-state index contributed by atoms with van der Waals surface area (Å²) < 4.78 is 6.49. The first kappa shape index (κ1) is 30.4. The van der Waals surface area contributed by atoms with Crippen LogP contribution in [0.1, 0.15) is 51.3 Å². The van der Waals surface area contributed by atoms with Gasteiger partial charge in [0.05, 0.1) is 7.11 Å². The molecule has 4 rings (SSSR count). The average Bonchev–Trinajstić information content (AvgIpc) is 3.05. The second kappa shape index (κ2) is 13.9. The van der Waals surface area contributed by atoms with Gasteiger partial charge in [-0.2, -0.15) is 29.8 Å². The van der Waals surface area contributed by atoms with Crippen LogP contribution >= 0.6 is 0 Å². The van der Waals surface area contributed by atoms with Gasteiger partial charge in [0.15, 0.2) is 0 Å². The zero-order chi connectivity index (χ0) is 22.3. The van der Waals surface area contributed by atoms with Gasteiger partial charge in [-0.05, 0) is 29.5 Å². The number of halogens is 2. The standard InChI is InChI=1S/C13H9.C11H16O2.C3H6.2ClH.Ti/c1-3-7-12-10(5-1)9-11-6-2-4-8-13(11)12;1-11(2,3)8-5-9(12)7-10(6-8)13-4;1-3-2;;;/h1-5,7-8H,9H2;5-7,12H,1-4H3;1-2H3;2*1H;/q-1;;;;;+1/p-2. The maximum Gasteiger partial charge on any atom is -0.0253 e. The van der Waals surface area contributed by atoms with Crippen LogP contribution in [-0.4, -0.2) is 16.0 Å². The Bertz CT molecular complexity index is 963. The van der Waals surface area contributed by atoms with Crippen molar-refractivity contribution in [3.63, 3.8) is 0 Å². The van der Waals surface area contributed by atoms with E-state index in [9.17, 15) is 5.11 Å². The van der Waals surface area contributed by atoms with Gasteiger partial charge in [-0.3, -0.25) is 0 Å². The van der Waals surface area contributed by atoms with Gasteiger partial charge in [-0.25, -0.2) is 0 Å². The van der Waals surface area contributed by atoms with E-state index in [4.69, 9.17) is 4.74 Å². The zero-order valence-electron chi connectivity index (χ0n) is 19.6. The fraction of sp³-hybridized carbons (Fsp3) is 0.296. The molecule has 0 amide bonds. The van der Waals surface area contributed by atoms with Crippen molar-refractivity contribution in [2.75, 3.05) is 7.11 Å². The molecule has 0 aliphatic heterocycles. The van der Waals surface area contributed by atoms with Crippen LogP contribution in [-0.2, 0) is 31.8 Å². The number of phenols is 1. The van der Waals surface area contributed by atoms with E-state index in [-0.39, 0.29) is 36.0 Å². The van der Waals surface area contributed by atoms with E-state index in [1.165, 1.54) is 26.1 Å². The van der Waals surface area contributed by atoms with Crippen LogP contribution in [0.15, 0.2) is 60.7 Å². The van der Waals surface area contributed by atoms with Crippen LogP contribution < -0.4 is 29.6 Å². The summed E-state index contributed by atoms with van der Waals surface area (Å²) in [6.07, 6.45) is 1.05. The molecule has 0 radical (unpaired) electrons. The number of benzene rings is 3. The summed E-state index contributed by atoms with van der Waals surface area (Å²) in [6, 6.07) is 23.4. The van der Waals surface area contributed by atoms with E-state index < -0.39 is 0 Å². The molecule has 1 aliphatic carbocycles. The first-order chi connectivity index (χ1) is 14.1. The summed E-state index contributed by atoms with van der Waals surface area (Å²) in [5.41, 5.74) is 6.62. The molecule has 0 heterocycles. The number of fused-ring (bicyclic) bond motifs is 3. The summed E-state index contributed by atoms with van der Waals surface area (Å²) in [6.45, 7) is 10.5. The van der Waals surface area contributed by atoms with Crippen LogP contribution in [0.4, 0.5) is 0 Å². The van der Waals surface area contributed by atoms with Crippen LogP contribution in [0, 0.1) is 6.07 Å². The molecule has 0 unspecified atom stereocenters. The smallest absolute Gasteiger partial charge is 0.0253 e. The summed E-state index contributed by atoms with van der Waals surface area (Å²) in [7, 11) is 1.60. The SMILES string of the molecule is COc1cc(O)cc(C(C)(C)C)c1.C[C](C)=[Ti+].[Cl-].[Cl-].[c-]1cccc2c1Cc1ccccc1-2. The number of methoxy groups -OCH3 is 1. The second-order valence-electron chi connectivity index (χ2n) is 8.57. The molecule has 0 saturated carbocycles.